The number of aromatic nitrogens is 1. The Labute approximate surface area is 180 Å². The van der Waals surface area contributed by atoms with E-state index < -0.39 is 9.84 Å². The zero-order valence-electron chi connectivity index (χ0n) is 17.6. The molecule has 0 saturated carbocycles. The second-order valence-corrected chi connectivity index (χ2v) is 10.3. The molecule has 6 nitrogen and oxygen atoms in total. The number of carbonyl (C=O) groups is 1. The molecule has 1 aromatic heterocycles. The lowest BCUT2D eigenvalue weighted by Crippen LogP contribution is -2.20. The first-order chi connectivity index (χ1) is 14.2. The van der Waals surface area contributed by atoms with Crippen LogP contribution < -0.4 is 4.80 Å². The number of aryl methyl sites for hydroxylation is 2. The molecule has 0 atom stereocenters. The molecule has 0 aliphatic carbocycles. The van der Waals surface area contributed by atoms with Crippen LogP contribution >= 0.6 is 11.3 Å². The van der Waals surface area contributed by atoms with Crippen LogP contribution in [0.1, 0.15) is 23.6 Å². The molecular formula is C22H26N2O4S2. The molecule has 2 aromatic carbocycles. The number of thiazole rings is 1. The van der Waals surface area contributed by atoms with Crippen LogP contribution in [0.2, 0.25) is 0 Å². The van der Waals surface area contributed by atoms with E-state index in [0.29, 0.717) is 24.6 Å². The maximum atomic E-state index is 12.7. The molecule has 0 radical (unpaired) electrons. The van der Waals surface area contributed by atoms with Gasteiger partial charge in [-0.25, -0.2) is 8.42 Å². The minimum atomic E-state index is -3.32. The average Bonchev–Trinajstić information content (AvgIpc) is 3.00. The highest BCUT2D eigenvalue weighted by molar-refractivity contribution is 7.90. The fraction of sp³-hybridized carbons (Fsp3) is 0.364. The molecule has 0 fully saturated rings. The summed E-state index contributed by atoms with van der Waals surface area (Å²) in [6.07, 6.45) is 1.41. The minimum Gasteiger partial charge on any atom is -0.380 e. The molecule has 0 aliphatic rings. The normalized spacial score (nSPS) is 12.6. The van der Waals surface area contributed by atoms with E-state index in [1.807, 2.05) is 37.5 Å². The van der Waals surface area contributed by atoms with Gasteiger partial charge in [0, 0.05) is 19.4 Å². The van der Waals surface area contributed by atoms with Crippen LogP contribution in [0.3, 0.4) is 0 Å². The van der Waals surface area contributed by atoms with E-state index in [1.54, 1.807) is 18.2 Å². The van der Waals surface area contributed by atoms with Gasteiger partial charge in [0.15, 0.2) is 14.6 Å². The van der Waals surface area contributed by atoms with Gasteiger partial charge in [-0.05, 0) is 50.1 Å². The van der Waals surface area contributed by atoms with Gasteiger partial charge in [0.25, 0.3) is 5.91 Å². The second-order valence-electron chi connectivity index (χ2n) is 7.25. The molecule has 3 aromatic rings. The molecule has 0 aliphatic heterocycles. The van der Waals surface area contributed by atoms with E-state index >= 15 is 0 Å². The van der Waals surface area contributed by atoms with E-state index in [-0.39, 0.29) is 17.2 Å². The van der Waals surface area contributed by atoms with Crippen LogP contribution in [0.4, 0.5) is 0 Å². The van der Waals surface area contributed by atoms with E-state index in [0.717, 1.165) is 26.9 Å². The molecule has 8 heteroatoms. The summed E-state index contributed by atoms with van der Waals surface area (Å²) in [5.74, 6) is -0.234. The first-order valence-electron chi connectivity index (χ1n) is 9.74. The second kappa shape index (κ2) is 9.24. The molecule has 0 bridgehead atoms. The van der Waals surface area contributed by atoms with Crippen LogP contribution in [-0.2, 0) is 32.3 Å². The lowest BCUT2D eigenvalue weighted by Gasteiger charge is -2.06. The third-order valence-corrected chi connectivity index (χ3v) is 6.96. The monoisotopic (exact) mass is 446 g/mol. The first-order valence-corrected chi connectivity index (χ1v) is 12.4. The Morgan fingerprint density at radius 2 is 1.93 bits per heavy atom. The maximum absolute atomic E-state index is 12.7. The summed E-state index contributed by atoms with van der Waals surface area (Å²) in [4.78, 5) is 17.9. The Morgan fingerprint density at radius 1 is 1.17 bits per heavy atom. The molecule has 1 heterocycles. The Bertz CT molecular complexity index is 1250. The zero-order valence-corrected chi connectivity index (χ0v) is 19.3. The van der Waals surface area contributed by atoms with Crippen molar-refractivity contribution >= 4 is 37.3 Å². The summed E-state index contributed by atoms with van der Waals surface area (Å²) in [7, 11) is -3.32. The van der Waals surface area contributed by atoms with E-state index in [2.05, 4.69) is 11.1 Å². The number of nitrogens with zero attached hydrogens (tertiary/aromatic N) is 2. The number of amides is 1. The average molecular weight is 447 g/mol. The van der Waals surface area contributed by atoms with Gasteiger partial charge in [-0.15, -0.1) is 0 Å². The number of fused-ring (bicyclic) bond motifs is 1. The smallest absolute Gasteiger partial charge is 0.252 e. The number of ether oxygens (including phenoxy) is 1. The molecule has 1 amide bonds. The lowest BCUT2D eigenvalue weighted by molar-refractivity contribution is -0.117. The summed E-state index contributed by atoms with van der Waals surface area (Å²) >= 11 is 1.31. The summed E-state index contributed by atoms with van der Waals surface area (Å²) in [6.45, 7) is 7.54. The maximum Gasteiger partial charge on any atom is 0.252 e. The van der Waals surface area contributed by atoms with Gasteiger partial charge in [0.05, 0.1) is 28.1 Å². The summed E-state index contributed by atoms with van der Waals surface area (Å²) < 4.78 is 32.0. The van der Waals surface area contributed by atoms with Crippen LogP contribution in [0.25, 0.3) is 10.2 Å². The number of rotatable bonds is 7. The Balaban J connectivity index is 2.02. The standard InChI is InChI=1S/C22H26N2O4S2/c1-5-28-11-10-24-19-9-8-18(30(4,26)27)14-20(19)29-22(24)23-21(25)13-17-7-6-15(2)12-16(17)3/h6-9,12,14H,5,10-11,13H2,1-4H3. The predicted molar refractivity (Wildman–Crippen MR) is 120 cm³/mol. The van der Waals surface area contributed by atoms with Crippen LogP contribution in [0.15, 0.2) is 46.3 Å². The fourth-order valence-electron chi connectivity index (χ4n) is 3.24. The van der Waals surface area contributed by atoms with Crippen molar-refractivity contribution in [2.75, 3.05) is 19.5 Å². The number of carbonyl (C=O) groups excluding carboxylic acids is 1. The van der Waals surface area contributed by atoms with Gasteiger partial charge < -0.3 is 9.30 Å². The highest BCUT2D eigenvalue weighted by Gasteiger charge is 2.13. The molecule has 0 unspecified atom stereocenters. The largest absolute Gasteiger partial charge is 0.380 e. The molecule has 3 rings (SSSR count). The van der Waals surface area contributed by atoms with Crippen molar-refractivity contribution in [1.29, 1.82) is 0 Å². The van der Waals surface area contributed by atoms with Gasteiger partial charge >= 0.3 is 0 Å². The van der Waals surface area contributed by atoms with Crippen molar-refractivity contribution in [2.45, 2.75) is 38.6 Å². The summed E-state index contributed by atoms with van der Waals surface area (Å²) in [6, 6.07) is 11.0. The van der Waals surface area contributed by atoms with E-state index in [4.69, 9.17) is 4.74 Å². The molecule has 0 saturated heterocycles. The summed E-state index contributed by atoms with van der Waals surface area (Å²) in [5.41, 5.74) is 4.01. The summed E-state index contributed by atoms with van der Waals surface area (Å²) in [5, 5.41) is 0. The van der Waals surface area contributed by atoms with Crippen molar-refractivity contribution < 1.29 is 17.9 Å². The van der Waals surface area contributed by atoms with Crippen molar-refractivity contribution in [2.24, 2.45) is 4.99 Å². The molecule has 0 N–H and O–H groups in total. The fourth-order valence-corrected chi connectivity index (χ4v) is 5.07. The number of hydrogen-bond acceptors (Lipinski definition) is 5. The Hall–Kier alpha value is -2.29. The predicted octanol–water partition coefficient (Wildman–Crippen LogP) is 3.43. The van der Waals surface area contributed by atoms with Crippen molar-refractivity contribution in [1.82, 2.24) is 4.57 Å². The van der Waals surface area contributed by atoms with E-state index in [9.17, 15) is 13.2 Å². The van der Waals surface area contributed by atoms with Gasteiger partial charge in [-0.3, -0.25) is 4.79 Å². The van der Waals surface area contributed by atoms with Crippen molar-refractivity contribution in [3.63, 3.8) is 0 Å². The zero-order chi connectivity index (χ0) is 21.9. The number of sulfone groups is 1. The van der Waals surface area contributed by atoms with Gasteiger partial charge in [0.2, 0.25) is 0 Å². The number of hydrogen-bond donors (Lipinski definition) is 0. The quantitative estimate of drug-likeness (QED) is 0.521. The van der Waals surface area contributed by atoms with Gasteiger partial charge in [-0.1, -0.05) is 35.1 Å². The van der Waals surface area contributed by atoms with Gasteiger partial charge in [-0.2, -0.15) is 4.99 Å². The van der Waals surface area contributed by atoms with Crippen molar-refractivity contribution in [3.05, 3.63) is 57.9 Å². The molecular weight excluding hydrogens is 420 g/mol. The third-order valence-electron chi connectivity index (χ3n) is 4.81. The molecule has 30 heavy (non-hydrogen) atoms. The molecule has 160 valence electrons. The van der Waals surface area contributed by atoms with E-state index in [1.165, 1.54) is 17.6 Å². The first kappa shape index (κ1) is 22.4. The Morgan fingerprint density at radius 3 is 2.60 bits per heavy atom. The van der Waals surface area contributed by atoms with Crippen molar-refractivity contribution in [3.8, 4) is 0 Å². The lowest BCUT2D eigenvalue weighted by atomic mass is 10.0. The molecule has 0 spiro atoms. The Kier molecular flexibility index (Phi) is 6.90. The highest BCUT2D eigenvalue weighted by Crippen LogP contribution is 2.22. The highest BCUT2D eigenvalue weighted by atomic mass is 32.2. The van der Waals surface area contributed by atoms with Gasteiger partial charge in [0.1, 0.15) is 0 Å². The third kappa shape index (κ3) is 5.24. The van der Waals surface area contributed by atoms with Crippen LogP contribution in [-0.4, -0.2) is 38.4 Å². The minimum absolute atomic E-state index is 0.223. The van der Waals surface area contributed by atoms with Crippen LogP contribution in [0.5, 0.6) is 0 Å². The number of benzene rings is 2. The van der Waals surface area contributed by atoms with Crippen LogP contribution in [0, 0.1) is 13.8 Å². The SMILES string of the molecule is CCOCCn1c(=NC(=O)Cc2ccc(C)cc2C)sc2cc(S(C)(=O)=O)ccc21. The topological polar surface area (TPSA) is 77.7 Å².